The van der Waals surface area contributed by atoms with Crippen molar-refractivity contribution >= 4 is 11.7 Å². The molecule has 0 aromatic heterocycles. The predicted molar refractivity (Wildman–Crippen MR) is 100 cm³/mol. The number of para-hydroxylation sites is 1. The van der Waals surface area contributed by atoms with Crippen LogP contribution in [-0.4, -0.2) is 38.2 Å². The SMILES string of the molecule is Cc1ccccc1NC(=O)NC[C@@H](c1ccc2c(c1)CCO2)N(C)C. The van der Waals surface area contributed by atoms with Crippen LogP contribution >= 0.6 is 0 Å². The lowest BCUT2D eigenvalue weighted by molar-refractivity contribution is 0.243. The number of ether oxygens (including phenoxy) is 1. The summed E-state index contributed by atoms with van der Waals surface area (Å²) in [6, 6.07) is 14.0. The molecule has 1 aliphatic rings. The number of likely N-dealkylation sites (N-methyl/N-ethyl adjacent to an activating group) is 1. The summed E-state index contributed by atoms with van der Waals surface area (Å²) in [6.07, 6.45) is 0.949. The van der Waals surface area contributed by atoms with Crippen molar-refractivity contribution < 1.29 is 9.53 Å². The zero-order chi connectivity index (χ0) is 17.8. The topological polar surface area (TPSA) is 53.6 Å². The molecule has 0 bridgehead atoms. The zero-order valence-electron chi connectivity index (χ0n) is 15.0. The maximum absolute atomic E-state index is 12.2. The standard InChI is InChI=1S/C20H25N3O2/c1-14-6-4-5-7-17(14)22-20(24)21-13-18(23(2)3)15-8-9-19-16(12-15)10-11-25-19/h4-9,12,18H,10-11,13H2,1-3H3,(H2,21,22,24)/t18-/m0/s1. The fraction of sp³-hybridized carbons (Fsp3) is 0.350. The Hall–Kier alpha value is -2.53. The van der Waals surface area contributed by atoms with Crippen molar-refractivity contribution in [2.75, 3.05) is 32.6 Å². The number of benzene rings is 2. The van der Waals surface area contributed by atoms with Crippen LogP contribution in [0.3, 0.4) is 0 Å². The van der Waals surface area contributed by atoms with Crippen LogP contribution in [0.5, 0.6) is 5.75 Å². The Kier molecular flexibility index (Phi) is 5.24. The smallest absolute Gasteiger partial charge is 0.319 e. The lowest BCUT2D eigenvalue weighted by Crippen LogP contribution is -2.37. The van der Waals surface area contributed by atoms with Gasteiger partial charge in [0.05, 0.1) is 12.6 Å². The second-order valence-electron chi connectivity index (χ2n) is 6.59. The Morgan fingerprint density at radius 1 is 1.24 bits per heavy atom. The summed E-state index contributed by atoms with van der Waals surface area (Å²) < 4.78 is 5.58. The maximum atomic E-state index is 12.2. The summed E-state index contributed by atoms with van der Waals surface area (Å²) in [6.45, 7) is 3.26. The van der Waals surface area contributed by atoms with E-state index in [9.17, 15) is 4.79 Å². The van der Waals surface area contributed by atoms with Crippen LogP contribution in [0.2, 0.25) is 0 Å². The molecule has 0 radical (unpaired) electrons. The highest BCUT2D eigenvalue weighted by Gasteiger charge is 2.19. The molecule has 0 aliphatic carbocycles. The number of fused-ring (bicyclic) bond motifs is 1. The number of nitrogens with one attached hydrogen (secondary N) is 2. The monoisotopic (exact) mass is 339 g/mol. The summed E-state index contributed by atoms with van der Waals surface area (Å²) in [5.41, 5.74) is 4.30. The van der Waals surface area contributed by atoms with E-state index in [0.29, 0.717) is 6.54 Å². The highest BCUT2D eigenvalue weighted by atomic mass is 16.5. The van der Waals surface area contributed by atoms with Gasteiger partial charge in [0.2, 0.25) is 0 Å². The first kappa shape index (κ1) is 17.3. The van der Waals surface area contributed by atoms with Gasteiger partial charge in [-0.2, -0.15) is 0 Å². The number of aryl methyl sites for hydroxylation is 1. The van der Waals surface area contributed by atoms with Gasteiger partial charge in [-0.1, -0.05) is 30.3 Å². The number of rotatable bonds is 5. The fourth-order valence-electron chi connectivity index (χ4n) is 3.08. The van der Waals surface area contributed by atoms with Crippen molar-refractivity contribution in [1.29, 1.82) is 0 Å². The molecule has 132 valence electrons. The molecule has 0 saturated carbocycles. The first-order chi connectivity index (χ1) is 12.0. The molecular weight excluding hydrogens is 314 g/mol. The molecule has 2 aromatic rings. The Balaban J connectivity index is 1.64. The minimum absolute atomic E-state index is 0.105. The minimum atomic E-state index is -0.189. The van der Waals surface area contributed by atoms with Gasteiger partial charge < -0.3 is 20.3 Å². The van der Waals surface area contributed by atoms with Crippen LogP contribution in [-0.2, 0) is 6.42 Å². The normalized spacial score (nSPS) is 13.9. The third-order valence-corrected chi connectivity index (χ3v) is 4.57. The van der Waals surface area contributed by atoms with Crippen molar-refractivity contribution in [3.63, 3.8) is 0 Å². The van der Waals surface area contributed by atoms with Crippen LogP contribution in [0.1, 0.15) is 22.7 Å². The average molecular weight is 339 g/mol. The van der Waals surface area contributed by atoms with Crippen molar-refractivity contribution in [3.8, 4) is 5.75 Å². The summed E-state index contributed by atoms with van der Waals surface area (Å²) in [5.74, 6) is 0.978. The van der Waals surface area contributed by atoms with Crippen LogP contribution in [0, 0.1) is 6.92 Å². The summed E-state index contributed by atoms with van der Waals surface area (Å²) >= 11 is 0. The first-order valence-corrected chi connectivity index (χ1v) is 8.57. The molecule has 0 spiro atoms. The van der Waals surface area contributed by atoms with Crippen LogP contribution in [0.15, 0.2) is 42.5 Å². The van der Waals surface area contributed by atoms with Gasteiger partial charge in [-0.3, -0.25) is 0 Å². The van der Waals surface area contributed by atoms with E-state index >= 15 is 0 Å². The quantitative estimate of drug-likeness (QED) is 0.878. The van der Waals surface area contributed by atoms with Crippen molar-refractivity contribution in [2.45, 2.75) is 19.4 Å². The van der Waals surface area contributed by atoms with Crippen LogP contribution < -0.4 is 15.4 Å². The average Bonchev–Trinajstić information content (AvgIpc) is 3.04. The molecule has 1 atom stereocenters. The number of anilines is 1. The van der Waals surface area contributed by atoms with E-state index in [0.717, 1.165) is 30.0 Å². The molecule has 2 amide bonds. The second kappa shape index (κ2) is 7.57. The van der Waals surface area contributed by atoms with E-state index in [2.05, 4.69) is 27.7 Å². The lowest BCUT2D eigenvalue weighted by atomic mass is 10.0. The molecular formula is C20H25N3O2. The molecule has 0 saturated heterocycles. The van der Waals surface area contributed by atoms with E-state index < -0.39 is 0 Å². The summed E-state index contributed by atoms with van der Waals surface area (Å²) in [5, 5.41) is 5.89. The molecule has 5 nitrogen and oxygen atoms in total. The van der Waals surface area contributed by atoms with Gasteiger partial charge in [-0.15, -0.1) is 0 Å². The number of carbonyl (C=O) groups excluding carboxylic acids is 1. The van der Waals surface area contributed by atoms with E-state index in [4.69, 9.17) is 4.74 Å². The van der Waals surface area contributed by atoms with Gasteiger partial charge >= 0.3 is 6.03 Å². The van der Waals surface area contributed by atoms with E-state index in [-0.39, 0.29) is 12.1 Å². The largest absolute Gasteiger partial charge is 0.493 e. The lowest BCUT2D eigenvalue weighted by Gasteiger charge is -2.25. The molecule has 2 N–H and O–H groups in total. The molecule has 1 aliphatic heterocycles. The molecule has 2 aromatic carbocycles. The number of urea groups is 1. The maximum Gasteiger partial charge on any atom is 0.319 e. The van der Waals surface area contributed by atoms with E-state index in [1.807, 2.05) is 51.4 Å². The molecule has 0 unspecified atom stereocenters. The molecule has 0 fully saturated rings. The molecule has 3 rings (SSSR count). The number of hydrogen-bond acceptors (Lipinski definition) is 3. The fourth-order valence-corrected chi connectivity index (χ4v) is 3.08. The summed E-state index contributed by atoms with van der Waals surface area (Å²) in [7, 11) is 4.05. The Bertz CT molecular complexity index is 758. The second-order valence-corrected chi connectivity index (χ2v) is 6.59. The van der Waals surface area contributed by atoms with Gasteiger partial charge in [0.1, 0.15) is 5.75 Å². The van der Waals surface area contributed by atoms with Gasteiger partial charge in [0.15, 0.2) is 0 Å². The third kappa shape index (κ3) is 4.12. The number of amides is 2. The van der Waals surface area contributed by atoms with E-state index in [1.165, 1.54) is 11.1 Å². The van der Waals surface area contributed by atoms with Gasteiger partial charge in [-0.25, -0.2) is 4.79 Å². The van der Waals surface area contributed by atoms with Crippen molar-refractivity contribution in [2.24, 2.45) is 0 Å². The zero-order valence-corrected chi connectivity index (χ0v) is 15.0. The number of hydrogen-bond donors (Lipinski definition) is 2. The Morgan fingerprint density at radius 3 is 2.80 bits per heavy atom. The highest BCUT2D eigenvalue weighted by molar-refractivity contribution is 5.90. The van der Waals surface area contributed by atoms with Crippen molar-refractivity contribution in [1.82, 2.24) is 10.2 Å². The molecule has 25 heavy (non-hydrogen) atoms. The van der Waals surface area contributed by atoms with Crippen LogP contribution in [0.4, 0.5) is 10.5 Å². The third-order valence-electron chi connectivity index (χ3n) is 4.57. The highest BCUT2D eigenvalue weighted by Crippen LogP contribution is 2.29. The molecule has 1 heterocycles. The molecule has 5 heteroatoms. The van der Waals surface area contributed by atoms with Crippen LogP contribution in [0.25, 0.3) is 0 Å². The van der Waals surface area contributed by atoms with Crippen molar-refractivity contribution in [3.05, 3.63) is 59.2 Å². The van der Waals surface area contributed by atoms with E-state index in [1.54, 1.807) is 0 Å². The number of nitrogens with zero attached hydrogens (tertiary/aromatic N) is 1. The predicted octanol–water partition coefficient (Wildman–Crippen LogP) is 3.35. The Morgan fingerprint density at radius 2 is 2.04 bits per heavy atom. The Labute approximate surface area is 149 Å². The van der Waals surface area contributed by atoms with Gasteiger partial charge in [0.25, 0.3) is 0 Å². The van der Waals surface area contributed by atoms with Gasteiger partial charge in [0, 0.05) is 18.7 Å². The number of carbonyl (C=O) groups is 1. The van der Waals surface area contributed by atoms with Gasteiger partial charge in [-0.05, 0) is 49.8 Å². The first-order valence-electron chi connectivity index (χ1n) is 8.57. The summed E-state index contributed by atoms with van der Waals surface area (Å²) in [4.78, 5) is 14.4. The minimum Gasteiger partial charge on any atom is -0.493 e.